The molecule has 0 radical (unpaired) electrons. The number of carboxylic acids is 1. The first-order valence-electron chi connectivity index (χ1n) is 11.6. The van der Waals surface area contributed by atoms with Gasteiger partial charge in [-0.1, -0.05) is 68.4 Å². The van der Waals surface area contributed by atoms with E-state index < -0.39 is 12.1 Å². The number of halogens is 1. The van der Waals surface area contributed by atoms with Crippen LogP contribution in [0.4, 0.5) is 9.18 Å². The molecule has 0 saturated carbocycles. The van der Waals surface area contributed by atoms with Crippen LogP contribution in [-0.2, 0) is 40.4 Å². The minimum absolute atomic E-state index is 0.0613. The maximum Gasteiger partial charge on any atom is 0.528 e. The van der Waals surface area contributed by atoms with Crippen LogP contribution < -0.4 is 0 Å². The molecule has 7 heteroatoms. The van der Waals surface area contributed by atoms with Gasteiger partial charge in [0, 0.05) is 6.54 Å². The van der Waals surface area contributed by atoms with Gasteiger partial charge in [0.2, 0.25) is 0 Å². The Kier molecular flexibility index (Phi) is 7.46. The molecule has 0 aromatic heterocycles. The summed E-state index contributed by atoms with van der Waals surface area (Å²) in [6.07, 6.45) is -0.486. The van der Waals surface area contributed by atoms with Crippen LogP contribution in [0.2, 0.25) is 0 Å². The molecule has 0 amide bonds. The molecule has 1 N–H and O–H groups in total. The number of benzene rings is 3. The molecule has 0 spiro atoms. The van der Waals surface area contributed by atoms with Crippen molar-refractivity contribution in [2.45, 2.75) is 45.8 Å². The zero-order chi connectivity index (χ0) is 24.9. The van der Waals surface area contributed by atoms with Crippen molar-refractivity contribution in [3.63, 3.8) is 0 Å². The highest BCUT2D eigenvalue weighted by molar-refractivity contribution is 5.75. The summed E-state index contributed by atoms with van der Waals surface area (Å²) in [6.45, 7) is 4.75. The molecule has 0 unspecified atom stereocenters. The number of hydrogen-bond acceptors (Lipinski definition) is 5. The van der Waals surface area contributed by atoms with Gasteiger partial charge < -0.3 is 14.7 Å². The number of hydroxylamine groups is 2. The molecule has 1 aliphatic rings. The molecule has 3 aromatic carbocycles. The van der Waals surface area contributed by atoms with Gasteiger partial charge in [0.25, 0.3) is 0 Å². The highest BCUT2D eigenvalue weighted by Gasteiger charge is 2.26. The average molecular weight is 478 g/mol. The Balaban J connectivity index is 1.57. The number of carbonyl (C=O) groups excluding carboxylic acids is 1. The highest BCUT2D eigenvalue weighted by atomic mass is 19.1. The predicted octanol–water partition coefficient (Wildman–Crippen LogP) is 5.87. The van der Waals surface area contributed by atoms with Crippen molar-refractivity contribution >= 4 is 12.1 Å². The van der Waals surface area contributed by atoms with Crippen molar-refractivity contribution < 1.29 is 28.7 Å². The minimum Gasteiger partial charge on any atom is -0.481 e. The first-order valence-corrected chi connectivity index (χ1v) is 11.6. The van der Waals surface area contributed by atoms with Crippen LogP contribution in [0.1, 0.15) is 47.6 Å². The fraction of sp³-hybridized carbons (Fsp3) is 0.286. The van der Waals surface area contributed by atoms with Crippen molar-refractivity contribution in [2.24, 2.45) is 0 Å². The van der Waals surface area contributed by atoms with Crippen molar-refractivity contribution in [2.75, 3.05) is 6.54 Å². The number of rotatable bonds is 7. The standard InChI is InChI=1S/C28H28FNO5/c1-18(2)24-14-20(15-27(31)32)8-9-21(24)22-10-11-26(29)23-12-13-30(16-25(22)23)35-28(33)34-17-19-6-4-3-5-7-19/h3-11,14,18H,12-13,15-17H2,1-2H3,(H,31,32). The summed E-state index contributed by atoms with van der Waals surface area (Å²) in [6, 6.07) is 18.1. The van der Waals surface area contributed by atoms with Crippen LogP contribution in [0.15, 0.2) is 60.7 Å². The Hall–Kier alpha value is -3.71. The highest BCUT2D eigenvalue weighted by Crippen LogP contribution is 2.37. The fourth-order valence-electron chi connectivity index (χ4n) is 4.41. The Morgan fingerprint density at radius 2 is 1.74 bits per heavy atom. The van der Waals surface area contributed by atoms with Gasteiger partial charge in [-0.05, 0) is 57.3 Å². The molecule has 3 aromatic rings. The Morgan fingerprint density at radius 1 is 1.00 bits per heavy atom. The normalized spacial score (nSPS) is 13.4. The third-order valence-electron chi connectivity index (χ3n) is 6.11. The van der Waals surface area contributed by atoms with Gasteiger partial charge in [0.1, 0.15) is 12.4 Å². The number of nitrogens with zero attached hydrogens (tertiary/aromatic N) is 1. The summed E-state index contributed by atoms with van der Waals surface area (Å²) >= 11 is 0. The lowest BCUT2D eigenvalue weighted by molar-refractivity contribution is -0.139. The lowest BCUT2D eigenvalue weighted by Gasteiger charge is -2.29. The van der Waals surface area contributed by atoms with Crippen molar-refractivity contribution in [1.82, 2.24) is 5.06 Å². The second kappa shape index (κ2) is 10.7. The van der Waals surface area contributed by atoms with Gasteiger partial charge in [-0.15, -0.1) is 5.06 Å². The van der Waals surface area contributed by atoms with Crippen LogP contribution in [0.25, 0.3) is 11.1 Å². The third-order valence-corrected chi connectivity index (χ3v) is 6.11. The lowest BCUT2D eigenvalue weighted by Crippen LogP contribution is -2.34. The van der Waals surface area contributed by atoms with E-state index in [1.807, 2.05) is 56.3 Å². The summed E-state index contributed by atoms with van der Waals surface area (Å²) in [5, 5.41) is 10.7. The van der Waals surface area contributed by atoms with Gasteiger partial charge in [-0.3, -0.25) is 4.79 Å². The van der Waals surface area contributed by atoms with E-state index in [2.05, 4.69) is 0 Å². The molecular weight excluding hydrogens is 449 g/mol. The van der Waals surface area contributed by atoms with Crippen LogP contribution in [-0.4, -0.2) is 28.8 Å². The van der Waals surface area contributed by atoms with Crippen LogP contribution >= 0.6 is 0 Å². The van der Waals surface area contributed by atoms with Crippen molar-refractivity contribution in [1.29, 1.82) is 0 Å². The molecule has 1 heterocycles. The van der Waals surface area contributed by atoms with Crippen LogP contribution in [0, 0.1) is 5.82 Å². The summed E-state index contributed by atoms with van der Waals surface area (Å²) in [5.74, 6) is -1.05. The summed E-state index contributed by atoms with van der Waals surface area (Å²) < 4.78 is 19.9. The maximum absolute atomic E-state index is 14.7. The first-order chi connectivity index (χ1) is 16.8. The Bertz CT molecular complexity index is 1230. The number of carboxylic acid groups (broad SMARTS) is 1. The van der Waals surface area contributed by atoms with Gasteiger partial charge in [-0.25, -0.2) is 9.18 Å². The number of ether oxygens (including phenoxy) is 1. The molecule has 4 rings (SSSR count). The monoisotopic (exact) mass is 477 g/mol. The minimum atomic E-state index is -0.890. The summed E-state index contributed by atoms with van der Waals surface area (Å²) in [4.78, 5) is 28.9. The predicted molar refractivity (Wildman–Crippen MR) is 129 cm³/mol. The molecule has 0 aliphatic carbocycles. The second-order valence-corrected chi connectivity index (χ2v) is 8.93. The maximum atomic E-state index is 14.7. The Morgan fingerprint density at radius 3 is 2.46 bits per heavy atom. The molecule has 6 nitrogen and oxygen atoms in total. The smallest absolute Gasteiger partial charge is 0.481 e. The number of fused-ring (bicyclic) bond motifs is 1. The van der Waals surface area contributed by atoms with Crippen LogP contribution in [0.3, 0.4) is 0 Å². The van der Waals surface area contributed by atoms with E-state index in [0.717, 1.165) is 27.8 Å². The molecule has 0 bridgehead atoms. The number of carbonyl (C=O) groups is 2. The lowest BCUT2D eigenvalue weighted by atomic mass is 9.85. The average Bonchev–Trinajstić information content (AvgIpc) is 2.83. The van der Waals surface area contributed by atoms with Gasteiger partial charge in [-0.2, -0.15) is 0 Å². The van der Waals surface area contributed by atoms with E-state index in [9.17, 15) is 19.1 Å². The molecule has 0 saturated heterocycles. The van der Waals surface area contributed by atoms with Crippen molar-refractivity contribution in [3.8, 4) is 11.1 Å². The molecule has 0 atom stereocenters. The zero-order valence-electron chi connectivity index (χ0n) is 19.8. The van der Waals surface area contributed by atoms with Crippen LogP contribution in [0.5, 0.6) is 0 Å². The van der Waals surface area contributed by atoms with Gasteiger partial charge >= 0.3 is 12.1 Å². The second-order valence-electron chi connectivity index (χ2n) is 8.93. The van der Waals surface area contributed by atoms with Gasteiger partial charge in [0.15, 0.2) is 0 Å². The van der Waals surface area contributed by atoms with Gasteiger partial charge in [0.05, 0.1) is 13.0 Å². The number of aliphatic carboxylic acids is 1. The van der Waals surface area contributed by atoms with E-state index in [1.165, 1.54) is 11.1 Å². The van der Waals surface area contributed by atoms with E-state index in [-0.39, 0.29) is 31.3 Å². The first kappa shape index (κ1) is 24.4. The molecule has 35 heavy (non-hydrogen) atoms. The fourth-order valence-corrected chi connectivity index (χ4v) is 4.41. The topological polar surface area (TPSA) is 76.1 Å². The van der Waals surface area contributed by atoms with Crippen molar-refractivity contribution in [3.05, 3.63) is 94.3 Å². The molecule has 1 aliphatic heterocycles. The molecular formula is C28H28FNO5. The Labute approximate surface area is 203 Å². The quantitative estimate of drug-likeness (QED) is 0.429. The zero-order valence-corrected chi connectivity index (χ0v) is 19.8. The third kappa shape index (κ3) is 5.87. The molecule has 0 fully saturated rings. The number of hydrogen-bond donors (Lipinski definition) is 1. The largest absolute Gasteiger partial charge is 0.528 e. The van der Waals surface area contributed by atoms with E-state index >= 15 is 0 Å². The summed E-state index contributed by atoms with van der Waals surface area (Å²) in [5.41, 5.74) is 5.66. The van der Waals surface area contributed by atoms with E-state index in [0.29, 0.717) is 24.1 Å². The molecule has 182 valence electrons. The van der Waals surface area contributed by atoms with E-state index in [1.54, 1.807) is 12.1 Å². The van der Waals surface area contributed by atoms with E-state index in [4.69, 9.17) is 9.57 Å². The summed E-state index contributed by atoms with van der Waals surface area (Å²) in [7, 11) is 0. The SMILES string of the molecule is CC(C)c1cc(CC(=O)O)ccc1-c1ccc(F)c2c1CN(OC(=O)OCc1ccccc1)CC2.